The zero-order valence-corrected chi connectivity index (χ0v) is 13.2. The highest BCUT2D eigenvalue weighted by Crippen LogP contribution is 2.26. The zero-order valence-electron chi connectivity index (χ0n) is 11.7. The highest BCUT2D eigenvalue weighted by Gasteiger charge is 2.35. The van der Waals surface area contributed by atoms with Crippen LogP contribution in [0.4, 0.5) is 0 Å². The van der Waals surface area contributed by atoms with Gasteiger partial charge in [0.2, 0.25) is 5.91 Å². The van der Waals surface area contributed by atoms with Gasteiger partial charge < -0.3 is 10.0 Å². The number of carbonyl (C=O) groups excluding carboxylic acids is 1. The molecule has 0 aliphatic carbocycles. The van der Waals surface area contributed by atoms with E-state index >= 15 is 0 Å². The summed E-state index contributed by atoms with van der Waals surface area (Å²) in [5.74, 6) is -1.40. The zero-order chi connectivity index (χ0) is 15.6. The quantitative estimate of drug-likeness (QED) is 0.926. The molecule has 21 heavy (non-hydrogen) atoms. The summed E-state index contributed by atoms with van der Waals surface area (Å²) < 4.78 is 0. The number of carboxylic acids is 1. The Morgan fingerprint density at radius 3 is 2.67 bits per heavy atom. The lowest BCUT2D eigenvalue weighted by Gasteiger charge is -2.37. The van der Waals surface area contributed by atoms with Crippen LogP contribution in [0.5, 0.6) is 0 Å². The first-order valence-electron chi connectivity index (χ1n) is 6.86. The maximum atomic E-state index is 12.4. The smallest absolute Gasteiger partial charge is 0.308 e. The lowest BCUT2D eigenvalue weighted by molar-refractivity contribution is -0.148. The molecule has 1 saturated heterocycles. The number of rotatable bonds is 3. The average molecular weight is 330 g/mol. The number of halogens is 2. The molecule has 0 saturated carbocycles. The van der Waals surface area contributed by atoms with Gasteiger partial charge in [0.1, 0.15) is 0 Å². The summed E-state index contributed by atoms with van der Waals surface area (Å²) in [7, 11) is 0. The summed E-state index contributed by atoms with van der Waals surface area (Å²) in [5, 5.41) is 10.1. The maximum Gasteiger partial charge on any atom is 0.308 e. The van der Waals surface area contributed by atoms with E-state index in [-0.39, 0.29) is 18.4 Å². The van der Waals surface area contributed by atoms with Crippen LogP contribution in [0.3, 0.4) is 0 Å². The molecule has 2 atom stereocenters. The van der Waals surface area contributed by atoms with Gasteiger partial charge in [0.15, 0.2) is 0 Å². The van der Waals surface area contributed by atoms with Gasteiger partial charge in [-0.15, -0.1) is 0 Å². The van der Waals surface area contributed by atoms with E-state index in [0.29, 0.717) is 29.4 Å². The van der Waals surface area contributed by atoms with Gasteiger partial charge in [0.05, 0.1) is 22.4 Å². The van der Waals surface area contributed by atoms with Gasteiger partial charge >= 0.3 is 5.97 Å². The Morgan fingerprint density at radius 2 is 2.05 bits per heavy atom. The van der Waals surface area contributed by atoms with Crippen molar-refractivity contribution in [3.8, 4) is 0 Å². The van der Waals surface area contributed by atoms with Crippen LogP contribution in [0.1, 0.15) is 25.3 Å². The number of aliphatic carboxylic acids is 1. The molecule has 6 heteroatoms. The molecule has 1 aromatic rings. The molecule has 114 valence electrons. The van der Waals surface area contributed by atoms with E-state index in [4.69, 9.17) is 23.2 Å². The van der Waals surface area contributed by atoms with E-state index in [2.05, 4.69) is 0 Å². The van der Waals surface area contributed by atoms with Gasteiger partial charge in [-0.05, 0) is 37.5 Å². The summed E-state index contributed by atoms with van der Waals surface area (Å²) in [6, 6.07) is 4.80. The molecule has 0 bridgehead atoms. The monoisotopic (exact) mass is 329 g/mol. The van der Waals surface area contributed by atoms with Crippen molar-refractivity contribution in [1.29, 1.82) is 0 Å². The third-order valence-corrected chi connectivity index (χ3v) is 4.70. The van der Waals surface area contributed by atoms with Crippen LogP contribution in [-0.2, 0) is 16.0 Å². The predicted molar refractivity (Wildman–Crippen MR) is 81.7 cm³/mol. The Kier molecular flexibility index (Phi) is 5.12. The summed E-state index contributed by atoms with van der Waals surface area (Å²) >= 11 is 11.8. The molecule has 4 nitrogen and oxygen atoms in total. The summed E-state index contributed by atoms with van der Waals surface area (Å²) in [4.78, 5) is 25.3. The van der Waals surface area contributed by atoms with Crippen LogP contribution in [0.15, 0.2) is 18.2 Å². The van der Waals surface area contributed by atoms with Gasteiger partial charge in [-0.25, -0.2) is 0 Å². The first kappa shape index (κ1) is 16.1. The minimum absolute atomic E-state index is 0.0770. The second-order valence-corrected chi connectivity index (χ2v) is 6.15. The van der Waals surface area contributed by atoms with Crippen LogP contribution < -0.4 is 0 Å². The number of likely N-dealkylation sites (tertiary alicyclic amines) is 1. The van der Waals surface area contributed by atoms with Gasteiger partial charge in [0.25, 0.3) is 0 Å². The molecule has 1 fully saturated rings. The van der Waals surface area contributed by atoms with Crippen molar-refractivity contribution in [1.82, 2.24) is 4.90 Å². The summed E-state index contributed by atoms with van der Waals surface area (Å²) in [5.41, 5.74) is 0.777. The molecular weight excluding hydrogens is 313 g/mol. The molecule has 1 aliphatic heterocycles. The second-order valence-electron chi connectivity index (χ2n) is 5.34. The molecule has 0 radical (unpaired) electrons. The molecule has 0 aromatic heterocycles. The predicted octanol–water partition coefficient (Wildman–Crippen LogP) is 3.25. The van der Waals surface area contributed by atoms with Crippen LogP contribution >= 0.6 is 23.2 Å². The minimum Gasteiger partial charge on any atom is -0.481 e. The largest absolute Gasteiger partial charge is 0.481 e. The van der Waals surface area contributed by atoms with Crippen LogP contribution in [0, 0.1) is 5.92 Å². The molecule has 1 amide bonds. The highest BCUT2D eigenvalue weighted by atomic mass is 35.5. The molecule has 0 unspecified atom stereocenters. The van der Waals surface area contributed by atoms with Gasteiger partial charge in [0, 0.05) is 12.6 Å². The van der Waals surface area contributed by atoms with E-state index in [9.17, 15) is 14.7 Å². The molecule has 1 aromatic carbocycles. The van der Waals surface area contributed by atoms with Gasteiger partial charge in [-0.1, -0.05) is 29.3 Å². The van der Waals surface area contributed by atoms with Crippen LogP contribution in [-0.4, -0.2) is 34.5 Å². The van der Waals surface area contributed by atoms with Crippen molar-refractivity contribution < 1.29 is 14.7 Å². The Balaban J connectivity index is 2.08. The number of amides is 1. The first-order chi connectivity index (χ1) is 9.90. The average Bonchev–Trinajstić information content (AvgIpc) is 2.42. The molecule has 0 spiro atoms. The minimum atomic E-state index is -0.838. The third kappa shape index (κ3) is 3.69. The van der Waals surface area contributed by atoms with Crippen LogP contribution in [0.2, 0.25) is 10.0 Å². The highest BCUT2D eigenvalue weighted by molar-refractivity contribution is 6.42. The lowest BCUT2D eigenvalue weighted by atomic mass is 9.90. The molecule has 1 N–H and O–H groups in total. The molecule has 1 aliphatic rings. The van der Waals surface area contributed by atoms with Crippen molar-refractivity contribution >= 4 is 35.1 Å². The van der Waals surface area contributed by atoms with Crippen molar-refractivity contribution in [2.24, 2.45) is 5.92 Å². The normalized spacial score (nSPS) is 22.1. The van der Waals surface area contributed by atoms with E-state index in [1.807, 2.05) is 0 Å². The number of benzene rings is 1. The fourth-order valence-corrected chi connectivity index (χ4v) is 3.07. The van der Waals surface area contributed by atoms with Crippen molar-refractivity contribution in [2.75, 3.05) is 6.54 Å². The number of piperidine rings is 1. The Labute approximate surface area is 133 Å². The fourth-order valence-electron chi connectivity index (χ4n) is 2.75. The van der Waals surface area contributed by atoms with E-state index < -0.39 is 11.9 Å². The van der Waals surface area contributed by atoms with Crippen molar-refractivity contribution in [3.63, 3.8) is 0 Å². The van der Waals surface area contributed by atoms with Crippen molar-refractivity contribution in [3.05, 3.63) is 33.8 Å². The van der Waals surface area contributed by atoms with Gasteiger partial charge in [-0.3, -0.25) is 9.59 Å². The summed E-state index contributed by atoms with van der Waals surface area (Å²) in [6.45, 7) is 2.40. The molecular formula is C15H17Cl2NO3. The fraction of sp³-hybridized carbons (Fsp3) is 0.467. The van der Waals surface area contributed by atoms with E-state index in [1.54, 1.807) is 30.0 Å². The Hall–Kier alpha value is -1.26. The van der Waals surface area contributed by atoms with Crippen LogP contribution in [0.25, 0.3) is 0 Å². The van der Waals surface area contributed by atoms with E-state index in [1.165, 1.54) is 0 Å². The van der Waals surface area contributed by atoms with Gasteiger partial charge in [-0.2, -0.15) is 0 Å². The molecule has 2 rings (SSSR count). The van der Waals surface area contributed by atoms with E-state index in [0.717, 1.165) is 5.56 Å². The first-order valence-corrected chi connectivity index (χ1v) is 7.62. The Bertz CT molecular complexity index is 562. The standard InChI is InChI=1S/C15H17Cl2NO3/c1-9-11(15(20)21)3-2-6-18(9)14(19)8-10-4-5-12(16)13(17)7-10/h4-5,7,9,11H,2-3,6,8H2,1H3,(H,20,21)/t9-,11-/m1/s1. The number of hydrogen-bond acceptors (Lipinski definition) is 2. The number of hydrogen-bond donors (Lipinski definition) is 1. The third-order valence-electron chi connectivity index (χ3n) is 3.96. The second kappa shape index (κ2) is 6.67. The van der Waals surface area contributed by atoms with Crippen molar-refractivity contribution in [2.45, 2.75) is 32.2 Å². The number of nitrogens with zero attached hydrogens (tertiary/aromatic N) is 1. The number of carboxylic acid groups (broad SMARTS) is 1. The Morgan fingerprint density at radius 1 is 1.33 bits per heavy atom. The lowest BCUT2D eigenvalue weighted by Crippen LogP contribution is -2.49. The molecule has 1 heterocycles. The topological polar surface area (TPSA) is 57.6 Å². The summed E-state index contributed by atoms with van der Waals surface area (Å²) in [6.07, 6.45) is 1.54. The SMILES string of the molecule is C[C@@H]1[C@H](C(=O)O)CCCN1C(=O)Cc1ccc(Cl)c(Cl)c1. The number of carbonyl (C=O) groups is 2. The maximum absolute atomic E-state index is 12.4.